The van der Waals surface area contributed by atoms with Gasteiger partial charge in [-0.2, -0.15) is 4.68 Å². The number of hydrogen-bond acceptors (Lipinski definition) is 5. The molecule has 3 heterocycles. The highest BCUT2D eigenvalue weighted by molar-refractivity contribution is 7.20. The Morgan fingerprint density at radius 3 is 2.54 bits per heavy atom. The number of pyridine rings is 1. The molecule has 0 saturated carbocycles. The van der Waals surface area contributed by atoms with Gasteiger partial charge in [0.05, 0.1) is 41.3 Å². The first-order valence-corrected chi connectivity index (χ1v) is 12.3. The van der Waals surface area contributed by atoms with Crippen molar-refractivity contribution in [3.8, 4) is 5.13 Å². The molecular weight excluding hydrogens is 460 g/mol. The van der Waals surface area contributed by atoms with E-state index in [1.807, 2.05) is 79.2 Å². The molecule has 0 unspecified atom stereocenters. The zero-order valence-electron chi connectivity index (χ0n) is 19.9. The summed E-state index contributed by atoms with van der Waals surface area (Å²) in [7, 11) is 1.59. The standard InChI is InChI=1S/C27H26N4O3S/c1-4-10-20(34-3)17-29-18(2)25-22(15-24(29)32)30(16-19-11-6-5-7-12-19)31(26(25)33)27-28-21-13-8-9-14-23(21)35-27/h5-15H,4,16-17H2,1-3H3/b20-10-. The summed E-state index contributed by atoms with van der Waals surface area (Å²) in [5.74, 6) is 0.687. The van der Waals surface area contributed by atoms with E-state index in [0.717, 1.165) is 22.2 Å². The molecule has 0 bridgehead atoms. The second kappa shape index (κ2) is 9.38. The van der Waals surface area contributed by atoms with Crippen LogP contribution < -0.4 is 11.1 Å². The molecule has 0 atom stereocenters. The third kappa shape index (κ3) is 4.10. The summed E-state index contributed by atoms with van der Waals surface area (Å²) in [4.78, 5) is 31.9. The van der Waals surface area contributed by atoms with Crippen molar-refractivity contribution < 1.29 is 4.74 Å². The van der Waals surface area contributed by atoms with Crippen LogP contribution in [-0.2, 0) is 17.8 Å². The molecule has 0 amide bonds. The smallest absolute Gasteiger partial charge is 0.283 e. The van der Waals surface area contributed by atoms with E-state index in [-0.39, 0.29) is 17.7 Å². The van der Waals surface area contributed by atoms with E-state index in [2.05, 4.69) is 0 Å². The van der Waals surface area contributed by atoms with E-state index in [1.54, 1.807) is 22.4 Å². The van der Waals surface area contributed by atoms with Crippen LogP contribution in [0.25, 0.3) is 26.3 Å². The first-order chi connectivity index (χ1) is 17.0. The average Bonchev–Trinajstić information content (AvgIpc) is 3.40. The van der Waals surface area contributed by atoms with Crippen molar-refractivity contribution in [2.24, 2.45) is 0 Å². The van der Waals surface area contributed by atoms with Crippen LogP contribution in [0.1, 0.15) is 24.6 Å². The van der Waals surface area contributed by atoms with Crippen LogP contribution in [0.5, 0.6) is 0 Å². The Morgan fingerprint density at radius 2 is 1.83 bits per heavy atom. The number of ether oxygens (including phenoxy) is 1. The number of rotatable bonds is 7. The number of aryl methyl sites for hydroxylation is 1. The maximum absolute atomic E-state index is 13.9. The molecule has 0 saturated heterocycles. The highest BCUT2D eigenvalue weighted by Gasteiger charge is 2.22. The van der Waals surface area contributed by atoms with Gasteiger partial charge in [0.15, 0.2) is 0 Å². The van der Waals surface area contributed by atoms with E-state index in [0.29, 0.717) is 34.0 Å². The SMILES string of the molecule is CC/C=C(/Cn1c(C)c2c(=O)n(-c3nc4ccccc4s3)n(Cc3ccccc3)c2cc1=O)OC. The molecule has 7 nitrogen and oxygen atoms in total. The molecule has 2 aromatic carbocycles. The van der Waals surface area contributed by atoms with Gasteiger partial charge in [-0.3, -0.25) is 14.3 Å². The number of nitrogens with zero attached hydrogens (tertiary/aromatic N) is 4. The minimum absolute atomic E-state index is 0.183. The fraction of sp³-hybridized carbons (Fsp3) is 0.222. The summed E-state index contributed by atoms with van der Waals surface area (Å²) >= 11 is 1.46. The maximum Gasteiger partial charge on any atom is 0.283 e. The number of para-hydroxylation sites is 1. The van der Waals surface area contributed by atoms with Crippen molar-refractivity contribution in [1.82, 2.24) is 18.9 Å². The molecule has 0 aliphatic heterocycles. The van der Waals surface area contributed by atoms with Gasteiger partial charge in [0.2, 0.25) is 5.13 Å². The molecule has 0 radical (unpaired) electrons. The monoisotopic (exact) mass is 486 g/mol. The fourth-order valence-corrected chi connectivity index (χ4v) is 5.36. The lowest BCUT2D eigenvalue weighted by molar-refractivity contribution is 0.267. The fourth-order valence-electron chi connectivity index (χ4n) is 4.39. The summed E-state index contributed by atoms with van der Waals surface area (Å²) in [6, 6.07) is 19.3. The van der Waals surface area contributed by atoms with Crippen molar-refractivity contribution in [2.75, 3.05) is 7.11 Å². The number of fused-ring (bicyclic) bond motifs is 2. The first-order valence-electron chi connectivity index (χ1n) is 11.5. The molecule has 5 rings (SSSR count). The van der Waals surface area contributed by atoms with Crippen molar-refractivity contribution >= 4 is 32.5 Å². The van der Waals surface area contributed by atoms with Crippen molar-refractivity contribution in [2.45, 2.75) is 33.4 Å². The topological polar surface area (TPSA) is 71.0 Å². The molecule has 0 fully saturated rings. The normalized spacial score (nSPS) is 12.0. The number of methoxy groups -OCH3 is 1. The zero-order valence-corrected chi connectivity index (χ0v) is 20.7. The molecule has 0 aliphatic carbocycles. The number of benzene rings is 2. The number of hydrogen-bond donors (Lipinski definition) is 0. The Bertz CT molecular complexity index is 1640. The minimum Gasteiger partial charge on any atom is -0.500 e. The third-order valence-corrected chi connectivity index (χ3v) is 7.13. The highest BCUT2D eigenvalue weighted by atomic mass is 32.1. The van der Waals surface area contributed by atoms with Gasteiger partial charge < -0.3 is 9.30 Å². The van der Waals surface area contributed by atoms with Crippen LogP contribution in [0, 0.1) is 6.92 Å². The Morgan fingerprint density at radius 1 is 1.09 bits per heavy atom. The predicted molar refractivity (Wildman–Crippen MR) is 141 cm³/mol. The second-order valence-electron chi connectivity index (χ2n) is 8.32. The maximum atomic E-state index is 13.9. The molecule has 0 N–H and O–H groups in total. The van der Waals surface area contributed by atoms with Gasteiger partial charge in [0, 0.05) is 11.8 Å². The summed E-state index contributed by atoms with van der Waals surface area (Å²) in [6.07, 6.45) is 2.73. The predicted octanol–water partition coefficient (Wildman–Crippen LogP) is 4.86. The van der Waals surface area contributed by atoms with Crippen LogP contribution in [0.2, 0.25) is 0 Å². The van der Waals surface area contributed by atoms with E-state index >= 15 is 0 Å². The van der Waals surface area contributed by atoms with Crippen molar-refractivity contribution in [3.05, 3.63) is 104 Å². The Kier molecular flexibility index (Phi) is 6.13. The van der Waals surface area contributed by atoms with Crippen LogP contribution >= 0.6 is 11.3 Å². The van der Waals surface area contributed by atoms with Crippen molar-refractivity contribution in [3.63, 3.8) is 0 Å². The lowest BCUT2D eigenvalue weighted by atomic mass is 10.2. The minimum atomic E-state index is -0.195. The van der Waals surface area contributed by atoms with Gasteiger partial charge in [-0.15, -0.1) is 0 Å². The summed E-state index contributed by atoms with van der Waals surface area (Å²) in [6.45, 7) is 4.53. The van der Waals surface area contributed by atoms with Gasteiger partial charge in [0.1, 0.15) is 5.76 Å². The molecule has 0 aliphatic rings. The quantitative estimate of drug-likeness (QED) is 0.308. The number of allylic oxidation sites excluding steroid dienone is 2. The van der Waals surface area contributed by atoms with E-state index in [1.165, 1.54) is 11.3 Å². The van der Waals surface area contributed by atoms with Gasteiger partial charge in [-0.25, -0.2) is 4.98 Å². The van der Waals surface area contributed by atoms with Crippen molar-refractivity contribution in [1.29, 1.82) is 0 Å². The third-order valence-electron chi connectivity index (χ3n) is 6.12. The molecule has 3 aromatic heterocycles. The molecule has 35 heavy (non-hydrogen) atoms. The highest BCUT2D eigenvalue weighted by Crippen LogP contribution is 2.26. The van der Waals surface area contributed by atoms with Gasteiger partial charge in [-0.05, 0) is 37.1 Å². The largest absolute Gasteiger partial charge is 0.500 e. The van der Waals surface area contributed by atoms with E-state index in [4.69, 9.17) is 9.72 Å². The summed E-state index contributed by atoms with van der Waals surface area (Å²) in [5, 5.41) is 1.08. The molecule has 0 spiro atoms. The average molecular weight is 487 g/mol. The molecular formula is C27H26N4O3S. The summed E-state index contributed by atoms with van der Waals surface area (Å²) < 4.78 is 11.5. The van der Waals surface area contributed by atoms with Gasteiger partial charge in [0.25, 0.3) is 11.1 Å². The Hall–Kier alpha value is -3.91. The van der Waals surface area contributed by atoms with Gasteiger partial charge >= 0.3 is 0 Å². The van der Waals surface area contributed by atoms with E-state index in [9.17, 15) is 9.59 Å². The van der Waals surface area contributed by atoms with Crippen LogP contribution in [0.4, 0.5) is 0 Å². The second-order valence-corrected chi connectivity index (χ2v) is 9.33. The lowest BCUT2D eigenvalue weighted by Crippen LogP contribution is -2.24. The lowest BCUT2D eigenvalue weighted by Gasteiger charge is -2.14. The zero-order chi connectivity index (χ0) is 24.5. The molecule has 8 heteroatoms. The summed E-state index contributed by atoms with van der Waals surface area (Å²) in [5.41, 5.74) is 2.68. The first kappa shape index (κ1) is 22.9. The Labute approximate surface area is 206 Å². The van der Waals surface area contributed by atoms with Gasteiger partial charge in [-0.1, -0.05) is 60.7 Å². The van der Waals surface area contributed by atoms with Crippen LogP contribution in [-0.4, -0.2) is 26.0 Å². The number of aromatic nitrogens is 4. The Balaban J connectivity index is 1.79. The molecule has 5 aromatic rings. The number of thiazole rings is 1. The van der Waals surface area contributed by atoms with Crippen LogP contribution in [0.15, 0.2) is 82.1 Å². The van der Waals surface area contributed by atoms with Crippen LogP contribution in [0.3, 0.4) is 0 Å². The van der Waals surface area contributed by atoms with E-state index < -0.39 is 0 Å². The molecule has 178 valence electrons.